The van der Waals surface area contributed by atoms with Gasteiger partial charge < -0.3 is 20.4 Å². The summed E-state index contributed by atoms with van der Waals surface area (Å²) in [7, 11) is 0. The van der Waals surface area contributed by atoms with Crippen molar-refractivity contribution in [1.82, 2.24) is 0 Å². The number of fused-ring (bicyclic) bond motifs is 8. The van der Waals surface area contributed by atoms with Gasteiger partial charge >= 0.3 is 0 Å². The summed E-state index contributed by atoms with van der Waals surface area (Å²) in [5, 5.41) is 84.7. The third-order valence-corrected chi connectivity index (χ3v) is 14.5. The predicted molar refractivity (Wildman–Crippen MR) is 270 cm³/mol. The van der Waals surface area contributed by atoms with Gasteiger partial charge in [0.2, 0.25) is 0 Å². The molecule has 4 N–H and O–H groups in total. The van der Waals surface area contributed by atoms with Gasteiger partial charge in [-0.15, -0.1) is 0 Å². The standard InChI is InChI=1S/C52H40N8O4S4/c1-29-5-13-33(14-6-29)53-57-37-21-41-49(61)42(22-37)66-44-24-39(59-55-35-17-9-31(3)10-18-35)26-46(51(44)63)68-48-28-40(60-56-36-19-11-32(4)12-20-36)27-47(52(48)64)67-45-25-38(23-43(65-41)50(45)62)58-54-34-15-7-30(2)8-16-34/h5-28,61-64H,1-4H3. The lowest BCUT2D eigenvalue weighted by atomic mass is 10.2. The van der Waals surface area contributed by atoms with Crippen LogP contribution in [-0.4, -0.2) is 20.4 Å². The van der Waals surface area contributed by atoms with Crippen molar-refractivity contribution in [1.29, 1.82) is 0 Å². The number of aryl methyl sites for hydroxylation is 4. The highest BCUT2D eigenvalue weighted by atomic mass is 32.2. The monoisotopic (exact) mass is 968 g/mol. The lowest BCUT2D eigenvalue weighted by Gasteiger charge is -2.17. The summed E-state index contributed by atoms with van der Waals surface area (Å²) in [5.74, 6) is -0.524. The minimum atomic E-state index is -0.131. The summed E-state index contributed by atoms with van der Waals surface area (Å²) < 4.78 is 0. The molecular formula is C52H40N8O4S4. The Morgan fingerprint density at radius 1 is 0.235 bits per heavy atom. The Labute approximate surface area is 409 Å². The van der Waals surface area contributed by atoms with E-state index >= 15 is 0 Å². The van der Waals surface area contributed by atoms with Gasteiger partial charge in [0.15, 0.2) is 0 Å². The van der Waals surface area contributed by atoms with Gasteiger partial charge in [-0.3, -0.25) is 0 Å². The van der Waals surface area contributed by atoms with Crippen molar-refractivity contribution in [3.8, 4) is 23.0 Å². The zero-order valence-corrected chi connectivity index (χ0v) is 40.1. The molecule has 0 saturated heterocycles. The summed E-state index contributed by atoms with van der Waals surface area (Å²) >= 11 is 4.33. The van der Waals surface area contributed by atoms with Crippen LogP contribution in [-0.2, 0) is 0 Å². The molecule has 0 spiro atoms. The first-order valence-corrected chi connectivity index (χ1v) is 24.3. The second kappa shape index (κ2) is 20.3. The molecule has 1 aliphatic rings. The largest absolute Gasteiger partial charge is 0.506 e. The minimum absolute atomic E-state index is 0.131. The predicted octanol–water partition coefficient (Wildman–Crippen LogP) is 18.3. The molecule has 0 amide bonds. The summed E-state index contributed by atoms with van der Waals surface area (Å²) in [6.07, 6.45) is 0. The fourth-order valence-electron chi connectivity index (χ4n) is 6.51. The van der Waals surface area contributed by atoms with Crippen LogP contribution in [0, 0.1) is 27.7 Å². The molecule has 8 bridgehead atoms. The molecule has 0 aromatic heterocycles. The second-order valence-electron chi connectivity index (χ2n) is 15.7. The van der Waals surface area contributed by atoms with E-state index in [1.165, 1.54) is 0 Å². The van der Waals surface area contributed by atoms with Crippen LogP contribution in [0.3, 0.4) is 0 Å². The van der Waals surface area contributed by atoms with Gasteiger partial charge in [-0.2, -0.15) is 40.9 Å². The average Bonchev–Trinajstić information content (AvgIpc) is 3.33. The van der Waals surface area contributed by atoms with Gasteiger partial charge in [0.05, 0.1) is 84.7 Å². The Bertz CT molecular complexity index is 2770. The molecule has 1 aliphatic heterocycles. The Balaban J connectivity index is 1.24. The Morgan fingerprint density at radius 2 is 0.382 bits per heavy atom. The minimum Gasteiger partial charge on any atom is -0.506 e. The number of phenols is 4. The number of hydrogen-bond donors (Lipinski definition) is 4. The third-order valence-electron chi connectivity index (χ3n) is 10.2. The molecule has 0 aliphatic carbocycles. The molecule has 0 fully saturated rings. The smallest absolute Gasteiger partial charge is 0.143 e. The summed E-state index contributed by atoms with van der Waals surface area (Å²) in [6.45, 7) is 7.96. The SMILES string of the molecule is Cc1ccc(N=Nc2cc3c(O)c(c2)Sc2cc(N=Nc4ccc(C)cc4)cc(c2O)Sc2cc(N=Nc4ccc(C)cc4)cc(c2O)Sc2cc(N=Nc4ccc(C)cc4)cc(c2O)S3)cc1. The topological polar surface area (TPSA) is 180 Å². The summed E-state index contributed by atoms with van der Waals surface area (Å²) in [5.41, 5.74) is 8.42. The number of rotatable bonds is 8. The average molecular weight is 969 g/mol. The van der Waals surface area contributed by atoms with Crippen molar-refractivity contribution in [2.24, 2.45) is 40.9 Å². The first kappa shape index (κ1) is 45.9. The molecule has 8 aromatic carbocycles. The number of azo groups is 4. The maximum atomic E-state index is 12.1. The van der Waals surface area contributed by atoms with Crippen molar-refractivity contribution in [3.05, 3.63) is 168 Å². The van der Waals surface area contributed by atoms with E-state index in [0.717, 1.165) is 69.3 Å². The van der Waals surface area contributed by atoms with Crippen molar-refractivity contribution < 1.29 is 20.4 Å². The highest BCUT2D eigenvalue weighted by molar-refractivity contribution is 8.01. The van der Waals surface area contributed by atoms with Gasteiger partial charge in [-0.1, -0.05) is 118 Å². The van der Waals surface area contributed by atoms with Crippen LogP contribution < -0.4 is 0 Å². The van der Waals surface area contributed by atoms with Crippen LogP contribution >= 0.6 is 47.0 Å². The molecule has 68 heavy (non-hydrogen) atoms. The summed E-state index contributed by atoms with van der Waals surface area (Å²) in [4.78, 5) is 2.61. The third kappa shape index (κ3) is 11.1. The van der Waals surface area contributed by atoms with Crippen LogP contribution in [0.4, 0.5) is 45.5 Å². The van der Waals surface area contributed by atoms with E-state index in [9.17, 15) is 20.4 Å². The fourth-order valence-corrected chi connectivity index (χ4v) is 10.8. The summed E-state index contributed by atoms with van der Waals surface area (Å²) in [6, 6.07) is 43.8. The highest BCUT2D eigenvalue weighted by Crippen LogP contribution is 2.55. The van der Waals surface area contributed by atoms with E-state index in [1.54, 1.807) is 48.5 Å². The molecule has 9 rings (SSSR count). The fraction of sp³-hybridized carbons (Fsp3) is 0.0769. The van der Waals surface area contributed by atoms with Crippen LogP contribution in [0.15, 0.2) is 226 Å². The van der Waals surface area contributed by atoms with Gasteiger partial charge in [0.25, 0.3) is 0 Å². The van der Waals surface area contributed by atoms with E-state index < -0.39 is 0 Å². The van der Waals surface area contributed by atoms with Gasteiger partial charge in [-0.05, 0) is 125 Å². The molecule has 8 aromatic rings. The van der Waals surface area contributed by atoms with Gasteiger partial charge in [-0.25, -0.2) is 0 Å². The Morgan fingerprint density at radius 3 is 0.544 bits per heavy atom. The second-order valence-corrected chi connectivity index (χ2v) is 20.0. The number of benzene rings is 8. The highest BCUT2D eigenvalue weighted by Gasteiger charge is 2.24. The first-order chi connectivity index (χ1) is 32.9. The molecule has 0 radical (unpaired) electrons. The molecule has 16 heteroatoms. The van der Waals surface area contributed by atoms with Gasteiger partial charge in [0.1, 0.15) is 23.0 Å². The van der Waals surface area contributed by atoms with E-state index in [0.29, 0.717) is 84.7 Å². The molecule has 1 heterocycles. The van der Waals surface area contributed by atoms with E-state index in [-0.39, 0.29) is 23.0 Å². The van der Waals surface area contributed by atoms with Crippen molar-refractivity contribution in [3.63, 3.8) is 0 Å². The molecule has 0 atom stereocenters. The molecule has 336 valence electrons. The van der Waals surface area contributed by atoms with E-state index in [2.05, 4.69) is 40.9 Å². The molecule has 12 nitrogen and oxygen atoms in total. The van der Waals surface area contributed by atoms with Crippen molar-refractivity contribution in [2.45, 2.75) is 66.9 Å². The zero-order valence-electron chi connectivity index (χ0n) is 36.9. The first-order valence-electron chi connectivity index (χ1n) is 21.0. The van der Waals surface area contributed by atoms with Crippen LogP contribution in [0.5, 0.6) is 23.0 Å². The van der Waals surface area contributed by atoms with Crippen LogP contribution in [0.25, 0.3) is 0 Å². The molecular weight excluding hydrogens is 929 g/mol. The van der Waals surface area contributed by atoms with E-state index in [1.807, 2.05) is 125 Å². The lowest BCUT2D eigenvalue weighted by molar-refractivity contribution is 0.444. The van der Waals surface area contributed by atoms with Crippen molar-refractivity contribution >= 4 is 92.5 Å². The molecule has 0 saturated carbocycles. The Kier molecular flexibility index (Phi) is 13.7. The number of phenolic OH excluding ortho intramolecular Hbond substituents is 4. The number of nitrogens with zero attached hydrogens (tertiary/aromatic N) is 8. The number of hydrogen-bond acceptors (Lipinski definition) is 16. The van der Waals surface area contributed by atoms with Gasteiger partial charge in [0, 0.05) is 0 Å². The lowest BCUT2D eigenvalue weighted by Crippen LogP contribution is -1.87. The maximum Gasteiger partial charge on any atom is 0.143 e. The maximum absolute atomic E-state index is 12.1. The Hall–Kier alpha value is -7.24. The number of aromatic hydroxyl groups is 4. The quantitative estimate of drug-likeness (QED) is 0.109. The zero-order chi connectivity index (χ0) is 47.3. The van der Waals surface area contributed by atoms with E-state index in [4.69, 9.17) is 0 Å². The van der Waals surface area contributed by atoms with Crippen LogP contribution in [0.2, 0.25) is 0 Å². The normalized spacial score (nSPS) is 12.8. The van der Waals surface area contributed by atoms with Crippen LogP contribution in [0.1, 0.15) is 22.3 Å². The van der Waals surface area contributed by atoms with Crippen molar-refractivity contribution in [2.75, 3.05) is 0 Å². The molecule has 0 unspecified atom stereocenters.